The minimum Gasteiger partial charge on any atom is -0.493 e. The second-order valence-electron chi connectivity index (χ2n) is 6.33. The van der Waals surface area contributed by atoms with Gasteiger partial charge in [-0.05, 0) is 36.1 Å². The molecule has 0 radical (unpaired) electrons. The molecule has 0 bridgehead atoms. The van der Waals surface area contributed by atoms with Gasteiger partial charge < -0.3 is 20.1 Å². The molecule has 0 amide bonds. The molecule has 0 aliphatic rings. The molecule has 9 heteroatoms. The Morgan fingerprint density at radius 2 is 1.73 bits per heavy atom. The van der Waals surface area contributed by atoms with Crippen LogP contribution >= 0.6 is 24.0 Å². The van der Waals surface area contributed by atoms with Gasteiger partial charge in [-0.25, -0.2) is 0 Å². The van der Waals surface area contributed by atoms with E-state index in [-0.39, 0.29) is 35.5 Å². The van der Waals surface area contributed by atoms with Crippen LogP contribution in [0.3, 0.4) is 0 Å². The Balaban J connectivity index is 0.00000450. The van der Waals surface area contributed by atoms with Crippen molar-refractivity contribution in [3.8, 4) is 11.5 Å². The van der Waals surface area contributed by atoms with E-state index in [1.54, 1.807) is 19.2 Å². The molecule has 0 unspecified atom stereocenters. The maximum Gasteiger partial charge on any atom is 0.422 e. The number of hydrogen-bond donors (Lipinski definition) is 2. The number of ether oxygens (including phenoxy) is 2. The summed E-state index contributed by atoms with van der Waals surface area (Å²) in [6.45, 7) is -0.156. The molecule has 2 aromatic rings. The highest BCUT2D eigenvalue weighted by molar-refractivity contribution is 14.0. The molecular weight excluding hydrogens is 510 g/mol. The van der Waals surface area contributed by atoms with Crippen molar-refractivity contribution in [1.82, 2.24) is 10.6 Å². The Kier molecular flexibility index (Phi) is 11.4. The van der Waals surface area contributed by atoms with E-state index in [1.807, 2.05) is 18.2 Å². The number of methoxy groups -OCH3 is 1. The minimum atomic E-state index is -4.40. The van der Waals surface area contributed by atoms with E-state index in [4.69, 9.17) is 9.47 Å². The van der Waals surface area contributed by atoms with E-state index in [2.05, 4.69) is 27.8 Å². The third-order valence-corrected chi connectivity index (χ3v) is 4.08. The van der Waals surface area contributed by atoms with E-state index >= 15 is 0 Å². The van der Waals surface area contributed by atoms with Crippen molar-refractivity contribution in [3.63, 3.8) is 0 Å². The van der Waals surface area contributed by atoms with Crippen LogP contribution in [0.4, 0.5) is 13.2 Å². The first-order valence-electron chi connectivity index (χ1n) is 9.26. The number of benzene rings is 2. The predicted octanol–water partition coefficient (Wildman–Crippen LogP) is 4.55. The zero-order valence-corrected chi connectivity index (χ0v) is 19.3. The third-order valence-electron chi connectivity index (χ3n) is 4.08. The molecule has 2 N–H and O–H groups in total. The number of rotatable bonds is 9. The van der Waals surface area contributed by atoms with Crippen LogP contribution in [0.5, 0.6) is 11.5 Å². The zero-order valence-electron chi connectivity index (χ0n) is 17.0. The predicted molar refractivity (Wildman–Crippen MR) is 123 cm³/mol. The van der Waals surface area contributed by atoms with Gasteiger partial charge in [0.1, 0.15) is 0 Å². The third kappa shape index (κ3) is 9.55. The molecule has 0 fully saturated rings. The lowest BCUT2D eigenvalue weighted by Crippen LogP contribution is -2.37. The van der Waals surface area contributed by atoms with Crippen LogP contribution in [0.25, 0.3) is 0 Å². The van der Waals surface area contributed by atoms with Gasteiger partial charge in [-0.1, -0.05) is 36.4 Å². The van der Waals surface area contributed by atoms with Crippen molar-refractivity contribution in [3.05, 3.63) is 59.7 Å². The lowest BCUT2D eigenvalue weighted by atomic mass is 10.1. The van der Waals surface area contributed by atoms with Gasteiger partial charge in [0.25, 0.3) is 0 Å². The summed E-state index contributed by atoms with van der Waals surface area (Å²) in [6.07, 6.45) is -2.46. The molecule has 0 saturated carbocycles. The lowest BCUT2D eigenvalue weighted by Gasteiger charge is -2.15. The van der Waals surface area contributed by atoms with Gasteiger partial charge in [0.05, 0.1) is 7.11 Å². The second kappa shape index (κ2) is 13.2. The molecule has 2 rings (SSSR count). The summed E-state index contributed by atoms with van der Waals surface area (Å²) in [6, 6.07) is 15.0. The van der Waals surface area contributed by atoms with E-state index < -0.39 is 12.8 Å². The van der Waals surface area contributed by atoms with Gasteiger partial charge in [0.15, 0.2) is 24.1 Å². The van der Waals surface area contributed by atoms with Crippen LogP contribution in [0.15, 0.2) is 53.5 Å². The highest BCUT2D eigenvalue weighted by atomic mass is 127. The summed E-state index contributed by atoms with van der Waals surface area (Å²) >= 11 is 0. The molecule has 0 saturated heterocycles. The van der Waals surface area contributed by atoms with E-state index in [0.29, 0.717) is 12.5 Å². The normalized spacial score (nSPS) is 11.4. The Hall–Kier alpha value is -2.17. The van der Waals surface area contributed by atoms with Crippen molar-refractivity contribution in [2.75, 3.05) is 27.3 Å². The molecule has 0 aliphatic carbocycles. The number of aryl methyl sites for hydroxylation is 1. The number of aliphatic imine (C=N–C) groups is 1. The maximum atomic E-state index is 12.3. The summed E-state index contributed by atoms with van der Waals surface area (Å²) in [5.74, 6) is 0.950. The summed E-state index contributed by atoms with van der Waals surface area (Å²) in [7, 11) is 3.07. The molecule has 0 aromatic heterocycles. The Morgan fingerprint density at radius 1 is 1.00 bits per heavy atom. The Bertz CT molecular complexity index is 787. The van der Waals surface area contributed by atoms with Gasteiger partial charge in [-0.15, -0.1) is 24.0 Å². The molecule has 0 aliphatic heterocycles. The highest BCUT2D eigenvalue weighted by Crippen LogP contribution is 2.29. The number of alkyl halides is 3. The summed E-state index contributed by atoms with van der Waals surface area (Å²) in [5.41, 5.74) is 2.12. The van der Waals surface area contributed by atoms with Crippen molar-refractivity contribution >= 4 is 29.9 Å². The molecule has 0 heterocycles. The molecule has 0 spiro atoms. The SMILES string of the molecule is CN=C(NCCCc1ccccc1)NCc1ccc(OCC(F)(F)F)c(OC)c1.I. The number of hydrogen-bond acceptors (Lipinski definition) is 3. The largest absolute Gasteiger partial charge is 0.493 e. The van der Waals surface area contributed by atoms with Gasteiger partial charge >= 0.3 is 6.18 Å². The van der Waals surface area contributed by atoms with Crippen LogP contribution in [0.2, 0.25) is 0 Å². The van der Waals surface area contributed by atoms with Crippen LogP contribution in [0, 0.1) is 0 Å². The first-order valence-corrected chi connectivity index (χ1v) is 9.26. The highest BCUT2D eigenvalue weighted by Gasteiger charge is 2.29. The number of guanidine groups is 1. The van der Waals surface area contributed by atoms with Crippen molar-refractivity contribution in [1.29, 1.82) is 0 Å². The van der Waals surface area contributed by atoms with E-state index in [0.717, 1.165) is 24.9 Å². The molecule has 2 aromatic carbocycles. The van der Waals surface area contributed by atoms with Crippen molar-refractivity contribution < 1.29 is 22.6 Å². The summed E-state index contributed by atoms with van der Waals surface area (Å²) in [4.78, 5) is 4.18. The first kappa shape index (κ1) is 25.9. The standard InChI is InChI=1S/C21H26F3N3O2.HI/c1-25-20(26-12-6-9-16-7-4-3-5-8-16)27-14-17-10-11-18(19(13-17)28-2)29-15-21(22,23)24;/h3-5,7-8,10-11,13H,6,9,12,14-15H2,1-2H3,(H2,25,26,27);1H. The average molecular weight is 537 g/mol. The van der Waals surface area contributed by atoms with Gasteiger partial charge in [-0.2, -0.15) is 13.2 Å². The molecule has 166 valence electrons. The van der Waals surface area contributed by atoms with Crippen molar-refractivity contribution in [2.45, 2.75) is 25.6 Å². The fourth-order valence-corrected chi connectivity index (χ4v) is 2.65. The molecule has 5 nitrogen and oxygen atoms in total. The minimum absolute atomic E-state index is 0. The summed E-state index contributed by atoms with van der Waals surface area (Å²) < 4.78 is 46.9. The number of nitrogens with one attached hydrogen (secondary N) is 2. The average Bonchev–Trinajstić information content (AvgIpc) is 2.72. The quantitative estimate of drug-likeness (QED) is 0.213. The van der Waals surface area contributed by atoms with Gasteiger partial charge in [0.2, 0.25) is 0 Å². The fourth-order valence-electron chi connectivity index (χ4n) is 2.65. The fraction of sp³-hybridized carbons (Fsp3) is 0.381. The van der Waals surface area contributed by atoms with Crippen LogP contribution in [-0.2, 0) is 13.0 Å². The Labute approximate surface area is 192 Å². The lowest BCUT2D eigenvalue weighted by molar-refractivity contribution is -0.153. The topological polar surface area (TPSA) is 54.9 Å². The first-order chi connectivity index (χ1) is 13.9. The van der Waals surface area contributed by atoms with Gasteiger partial charge in [0, 0.05) is 20.1 Å². The molecule has 30 heavy (non-hydrogen) atoms. The number of halogens is 4. The smallest absolute Gasteiger partial charge is 0.422 e. The Morgan fingerprint density at radius 3 is 2.37 bits per heavy atom. The van der Waals surface area contributed by atoms with Crippen LogP contribution in [0.1, 0.15) is 17.5 Å². The molecular formula is C21H27F3IN3O2. The maximum absolute atomic E-state index is 12.3. The molecule has 0 atom stereocenters. The van der Waals surface area contributed by atoms with Crippen molar-refractivity contribution in [2.24, 2.45) is 4.99 Å². The monoisotopic (exact) mass is 537 g/mol. The summed E-state index contributed by atoms with van der Waals surface area (Å²) in [5, 5.41) is 6.42. The zero-order chi connectivity index (χ0) is 21.1. The number of nitrogens with zero attached hydrogens (tertiary/aromatic N) is 1. The van der Waals surface area contributed by atoms with Crippen LogP contribution in [-0.4, -0.2) is 39.4 Å². The van der Waals surface area contributed by atoms with Crippen LogP contribution < -0.4 is 20.1 Å². The second-order valence-corrected chi connectivity index (χ2v) is 6.33. The van der Waals surface area contributed by atoms with E-state index in [1.165, 1.54) is 18.7 Å². The van der Waals surface area contributed by atoms with Gasteiger partial charge in [-0.3, -0.25) is 4.99 Å². The van der Waals surface area contributed by atoms with E-state index in [9.17, 15) is 13.2 Å².